The molecule has 0 radical (unpaired) electrons. The molecule has 1 aliphatic rings. The summed E-state index contributed by atoms with van der Waals surface area (Å²) in [6, 6.07) is 29.7. The SMILES string of the molecule is CCN(CC)c1ccc(C2(c3c(-c4ccc(OC)cc4)nc4ccccn34)OC(=O)c3ccccc32)cc1. The molecule has 0 saturated heterocycles. The molecule has 0 spiro atoms. The molecule has 38 heavy (non-hydrogen) atoms. The van der Waals surface area contributed by atoms with Crippen LogP contribution in [-0.2, 0) is 10.3 Å². The summed E-state index contributed by atoms with van der Waals surface area (Å²) in [5.74, 6) is 0.415. The predicted octanol–water partition coefficient (Wildman–Crippen LogP) is 6.32. The van der Waals surface area contributed by atoms with E-state index >= 15 is 0 Å². The number of anilines is 1. The Balaban J connectivity index is 1.67. The first kappa shape index (κ1) is 23.8. The lowest BCUT2D eigenvalue weighted by Gasteiger charge is -2.31. The number of carbonyl (C=O) groups excluding carboxylic acids is 1. The largest absolute Gasteiger partial charge is 0.497 e. The summed E-state index contributed by atoms with van der Waals surface area (Å²) in [6.45, 7) is 6.11. The summed E-state index contributed by atoms with van der Waals surface area (Å²) < 4.78 is 13.9. The average molecular weight is 504 g/mol. The Morgan fingerprint density at radius 3 is 2.32 bits per heavy atom. The van der Waals surface area contributed by atoms with Crippen LogP contribution in [0.3, 0.4) is 0 Å². The summed E-state index contributed by atoms with van der Waals surface area (Å²) in [6.07, 6.45) is 1.98. The number of nitrogens with zero attached hydrogens (tertiary/aromatic N) is 3. The van der Waals surface area contributed by atoms with Gasteiger partial charge in [0.25, 0.3) is 0 Å². The van der Waals surface area contributed by atoms with Gasteiger partial charge < -0.3 is 14.4 Å². The zero-order valence-corrected chi connectivity index (χ0v) is 21.7. The Morgan fingerprint density at radius 1 is 0.895 bits per heavy atom. The van der Waals surface area contributed by atoms with E-state index < -0.39 is 5.60 Å². The number of benzene rings is 3. The first-order valence-electron chi connectivity index (χ1n) is 12.9. The van der Waals surface area contributed by atoms with Crippen molar-refractivity contribution in [3.63, 3.8) is 0 Å². The first-order chi connectivity index (χ1) is 18.6. The lowest BCUT2D eigenvalue weighted by molar-refractivity contribution is 0.0238. The Labute approximate surface area is 222 Å². The number of ether oxygens (including phenoxy) is 2. The number of methoxy groups -OCH3 is 1. The summed E-state index contributed by atoms with van der Waals surface area (Å²) in [7, 11) is 1.65. The highest BCUT2D eigenvalue weighted by molar-refractivity contribution is 5.97. The van der Waals surface area contributed by atoms with Crippen LogP contribution in [-0.4, -0.2) is 35.6 Å². The molecule has 0 bridgehead atoms. The van der Waals surface area contributed by atoms with Gasteiger partial charge in [-0.1, -0.05) is 36.4 Å². The lowest BCUT2D eigenvalue weighted by Crippen LogP contribution is -2.32. The van der Waals surface area contributed by atoms with Gasteiger partial charge in [0, 0.05) is 41.7 Å². The molecule has 6 rings (SSSR count). The Kier molecular flexibility index (Phi) is 5.87. The molecule has 1 atom stereocenters. The number of hydrogen-bond donors (Lipinski definition) is 0. The van der Waals surface area contributed by atoms with Crippen molar-refractivity contribution in [2.45, 2.75) is 19.4 Å². The van der Waals surface area contributed by atoms with Crippen molar-refractivity contribution >= 4 is 17.3 Å². The van der Waals surface area contributed by atoms with Gasteiger partial charge in [-0.3, -0.25) is 4.40 Å². The number of fused-ring (bicyclic) bond motifs is 2. The van der Waals surface area contributed by atoms with E-state index in [0.717, 1.165) is 58.3 Å². The van der Waals surface area contributed by atoms with E-state index in [1.807, 2.05) is 77.3 Å². The standard InChI is InChI=1S/C32H29N3O3/c1-4-34(5-2)24-17-15-23(16-18-24)32(27-11-7-6-10-26(27)31(36)38-32)30-29(22-13-19-25(37-3)20-14-22)33-28-12-8-9-21-35(28)30/h6-21H,4-5H2,1-3H3. The van der Waals surface area contributed by atoms with Crippen LogP contribution >= 0.6 is 0 Å². The van der Waals surface area contributed by atoms with Crippen LogP contribution < -0.4 is 9.64 Å². The Bertz CT molecular complexity index is 1620. The highest BCUT2D eigenvalue weighted by Gasteiger charge is 2.52. The van der Waals surface area contributed by atoms with Gasteiger partial charge in [0.1, 0.15) is 17.1 Å². The maximum atomic E-state index is 13.4. The summed E-state index contributed by atoms with van der Waals surface area (Å²) >= 11 is 0. The molecule has 3 aromatic carbocycles. The highest BCUT2D eigenvalue weighted by atomic mass is 16.6. The fourth-order valence-electron chi connectivity index (χ4n) is 5.52. The number of pyridine rings is 1. The molecule has 6 heteroatoms. The highest BCUT2D eigenvalue weighted by Crippen LogP contribution is 2.50. The van der Waals surface area contributed by atoms with E-state index in [0.29, 0.717) is 5.56 Å². The topological polar surface area (TPSA) is 56.1 Å². The van der Waals surface area contributed by atoms with E-state index in [1.165, 1.54) is 0 Å². The molecular formula is C32H29N3O3. The van der Waals surface area contributed by atoms with Crippen molar-refractivity contribution in [1.29, 1.82) is 0 Å². The van der Waals surface area contributed by atoms with Crippen LogP contribution in [0, 0.1) is 0 Å². The predicted molar refractivity (Wildman–Crippen MR) is 149 cm³/mol. The molecule has 3 heterocycles. The lowest BCUT2D eigenvalue weighted by atomic mass is 9.81. The second-order valence-corrected chi connectivity index (χ2v) is 9.30. The third-order valence-electron chi connectivity index (χ3n) is 7.40. The number of hydrogen-bond acceptors (Lipinski definition) is 5. The van der Waals surface area contributed by atoms with Gasteiger partial charge in [-0.15, -0.1) is 0 Å². The number of esters is 1. The molecule has 0 amide bonds. The van der Waals surface area contributed by atoms with Crippen LogP contribution in [0.1, 0.15) is 41.0 Å². The normalized spacial score (nSPS) is 16.3. The van der Waals surface area contributed by atoms with Crippen LogP contribution in [0.5, 0.6) is 5.75 Å². The minimum Gasteiger partial charge on any atom is -0.497 e. The van der Waals surface area contributed by atoms with E-state index in [9.17, 15) is 4.79 Å². The van der Waals surface area contributed by atoms with Crippen molar-refractivity contribution in [1.82, 2.24) is 9.38 Å². The molecule has 1 aliphatic heterocycles. The molecule has 0 aliphatic carbocycles. The molecule has 0 saturated carbocycles. The molecule has 1 unspecified atom stereocenters. The number of aromatic nitrogens is 2. The molecule has 0 N–H and O–H groups in total. The van der Waals surface area contributed by atoms with E-state index in [2.05, 4.69) is 43.0 Å². The molecular weight excluding hydrogens is 474 g/mol. The van der Waals surface area contributed by atoms with Gasteiger partial charge in [0.2, 0.25) is 5.60 Å². The third kappa shape index (κ3) is 3.56. The quantitative estimate of drug-likeness (QED) is 0.243. The van der Waals surface area contributed by atoms with Crippen LogP contribution in [0.15, 0.2) is 97.2 Å². The summed E-state index contributed by atoms with van der Waals surface area (Å²) in [5.41, 5.74) is 5.38. The molecule has 2 aromatic heterocycles. The maximum Gasteiger partial charge on any atom is 0.340 e. The van der Waals surface area contributed by atoms with E-state index in [4.69, 9.17) is 14.5 Å². The molecule has 5 aromatic rings. The Hall–Kier alpha value is -4.58. The van der Waals surface area contributed by atoms with Gasteiger partial charge in [-0.05, 0) is 68.4 Å². The zero-order chi connectivity index (χ0) is 26.3. The average Bonchev–Trinajstić information content (AvgIpc) is 3.50. The first-order valence-corrected chi connectivity index (χ1v) is 12.9. The molecule has 0 fully saturated rings. The van der Waals surface area contributed by atoms with Gasteiger partial charge in [0.05, 0.1) is 18.4 Å². The van der Waals surface area contributed by atoms with Gasteiger partial charge in [0.15, 0.2) is 0 Å². The zero-order valence-electron chi connectivity index (χ0n) is 21.7. The molecule has 6 nitrogen and oxygen atoms in total. The van der Waals surface area contributed by atoms with Crippen molar-refractivity contribution in [2.24, 2.45) is 0 Å². The van der Waals surface area contributed by atoms with Crippen molar-refractivity contribution < 1.29 is 14.3 Å². The van der Waals surface area contributed by atoms with E-state index in [1.54, 1.807) is 7.11 Å². The number of cyclic esters (lactones) is 1. The fourth-order valence-corrected chi connectivity index (χ4v) is 5.52. The van der Waals surface area contributed by atoms with Crippen molar-refractivity contribution in [3.05, 3.63) is 120 Å². The minimum atomic E-state index is -1.19. The smallest absolute Gasteiger partial charge is 0.340 e. The third-order valence-corrected chi connectivity index (χ3v) is 7.40. The summed E-state index contributed by atoms with van der Waals surface area (Å²) in [4.78, 5) is 20.7. The second-order valence-electron chi connectivity index (χ2n) is 9.30. The van der Waals surface area contributed by atoms with Crippen LogP contribution in [0.25, 0.3) is 16.9 Å². The maximum absolute atomic E-state index is 13.4. The van der Waals surface area contributed by atoms with Gasteiger partial charge in [-0.25, -0.2) is 9.78 Å². The fraction of sp³-hybridized carbons (Fsp3) is 0.188. The van der Waals surface area contributed by atoms with Crippen molar-refractivity contribution in [2.75, 3.05) is 25.1 Å². The Morgan fingerprint density at radius 2 is 1.61 bits per heavy atom. The monoisotopic (exact) mass is 503 g/mol. The minimum absolute atomic E-state index is 0.347. The second kappa shape index (κ2) is 9.38. The number of carbonyl (C=O) groups is 1. The van der Waals surface area contributed by atoms with Crippen LogP contribution in [0.4, 0.5) is 5.69 Å². The van der Waals surface area contributed by atoms with Gasteiger partial charge in [-0.2, -0.15) is 0 Å². The summed E-state index contributed by atoms with van der Waals surface area (Å²) in [5, 5.41) is 0. The molecule has 190 valence electrons. The van der Waals surface area contributed by atoms with Crippen LogP contribution in [0.2, 0.25) is 0 Å². The van der Waals surface area contributed by atoms with E-state index in [-0.39, 0.29) is 5.97 Å². The number of imidazole rings is 1. The van der Waals surface area contributed by atoms with Crippen molar-refractivity contribution in [3.8, 4) is 17.0 Å². The number of rotatable bonds is 7. The van der Waals surface area contributed by atoms with Gasteiger partial charge >= 0.3 is 5.97 Å².